The predicted octanol–water partition coefficient (Wildman–Crippen LogP) is 4.66. The number of rotatable bonds is 7. The van der Waals surface area contributed by atoms with Crippen molar-refractivity contribution < 1.29 is 4.79 Å². The van der Waals surface area contributed by atoms with E-state index < -0.39 is 0 Å². The number of carbonyl (C=O) groups is 1. The molecule has 3 rings (SSSR count). The maximum absolute atomic E-state index is 13.1. The lowest BCUT2D eigenvalue weighted by molar-refractivity contribution is -0.123. The molecule has 32 heavy (non-hydrogen) atoms. The van der Waals surface area contributed by atoms with Gasteiger partial charge in [0.05, 0.1) is 4.91 Å². The molecule has 1 fully saturated rings. The number of thioether (sulfide) groups is 1. The molecule has 6 nitrogen and oxygen atoms in total. The van der Waals surface area contributed by atoms with Crippen LogP contribution in [0.15, 0.2) is 40.0 Å². The summed E-state index contributed by atoms with van der Waals surface area (Å²) >= 11 is 6.65. The number of nitrogens with one attached hydrogen (secondary N) is 1. The fourth-order valence-electron chi connectivity index (χ4n) is 3.63. The first kappa shape index (κ1) is 23.8. The molecule has 1 aliphatic rings. The molecule has 0 radical (unpaired) electrons. The van der Waals surface area contributed by atoms with Crippen LogP contribution >= 0.6 is 24.0 Å². The van der Waals surface area contributed by atoms with E-state index in [2.05, 4.69) is 11.4 Å². The Morgan fingerprint density at radius 1 is 1.25 bits per heavy atom. The molecule has 2 heterocycles. The fourth-order valence-corrected chi connectivity index (χ4v) is 5.13. The Bertz CT molecular complexity index is 1180. The minimum atomic E-state index is -0.325. The summed E-state index contributed by atoms with van der Waals surface area (Å²) in [4.78, 5) is 28.1. The van der Waals surface area contributed by atoms with E-state index >= 15 is 0 Å². The topological polar surface area (TPSA) is 78.1 Å². The van der Waals surface area contributed by atoms with Crippen molar-refractivity contribution in [3.05, 3.63) is 67.8 Å². The summed E-state index contributed by atoms with van der Waals surface area (Å²) in [5, 5.41) is 13.1. The number of hydrogen-bond donors (Lipinski definition) is 1. The lowest BCUT2D eigenvalue weighted by Crippen LogP contribution is -2.34. The van der Waals surface area contributed by atoms with Gasteiger partial charge in [0.2, 0.25) is 0 Å². The van der Waals surface area contributed by atoms with E-state index in [0.717, 1.165) is 12.0 Å². The lowest BCUT2D eigenvalue weighted by atomic mass is 10.0. The molecule has 0 aliphatic carbocycles. The van der Waals surface area contributed by atoms with Gasteiger partial charge in [0.25, 0.3) is 11.5 Å². The molecule has 1 saturated heterocycles. The third-order valence-corrected chi connectivity index (χ3v) is 6.57. The van der Waals surface area contributed by atoms with Gasteiger partial charge in [-0.2, -0.15) is 5.26 Å². The highest BCUT2D eigenvalue weighted by atomic mass is 32.2. The van der Waals surface area contributed by atoms with Gasteiger partial charge in [0.1, 0.15) is 21.8 Å². The molecule has 1 aromatic heterocycles. The lowest BCUT2D eigenvalue weighted by Gasteiger charge is -2.20. The summed E-state index contributed by atoms with van der Waals surface area (Å²) in [6.07, 6.45) is 2.49. The van der Waals surface area contributed by atoms with Crippen molar-refractivity contribution in [2.45, 2.75) is 53.2 Å². The van der Waals surface area contributed by atoms with Crippen molar-refractivity contribution in [1.29, 1.82) is 5.26 Å². The Labute approximate surface area is 197 Å². The van der Waals surface area contributed by atoms with Crippen LogP contribution in [0, 0.1) is 18.3 Å². The van der Waals surface area contributed by atoms with E-state index in [0.29, 0.717) is 39.3 Å². The first-order valence-corrected chi connectivity index (χ1v) is 11.7. The summed E-state index contributed by atoms with van der Waals surface area (Å²) in [6.45, 7) is 8.52. The summed E-state index contributed by atoms with van der Waals surface area (Å²) in [6, 6.07) is 11.9. The molecule has 0 bridgehead atoms. The molecule has 2 aromatic rings. The minimum absolute atomic E-state index is 0.0473. The van der Waals surface area contributed by atoms with Gasteiger partial charge in [-0.1, -0.05) is 61.2 Å². The highest BCUT2D eigenvalue weighted by Gasteiger charge is 2.34. The molecule has 1 amide bonds. The zero-order chi connectivity index (χ0) is 23.4. The van der Waals surface area contributed by atoms with Gasteiger partial charge in [-0.15, -0.1) is 0 Å². The standard InChI is InChI=1S/C24H26N4O2S2/c1-5-11-27-21(26-14-17-9-7-6-8-10-17)18(16(4)19(13-25)22(27)29)12-20-23(30)28(15(2)3)24(31)32-20/h6-10,12,15,26H,5,11,14H2,1-4H3/b20-12+. The van der Waals surface area contributed by atoms with Crippen molar-refractivity contribution in [2.75, 3.05) is 5.32 Å². The van der Waals surface area contributed by atoms with Crippen molar-refractivity contribution >= 4 is 46.1 Å². The van der Waals surface area contributed by atoms with Crippen LogP contribution < -0.4 is 10.9 Å². The van der Waals surface area contributed by atoms with Crippen LogP contribution in [0.2, 0.25) is 0 Å². The van der Waals surface area contributed by atoms with Crippen molar-refractivity contribution in [1.82, 2.24) is 9.47 Å². The second-order valence-electron chi connectivity index (χ2n) is 7.82. The number of benzene rings is 1. The SMILES string of the molecule is CCCn1c(NCc2ccccc2)c(/C=C2/SC(=S)N(C(C)C)C2=O)c(C)c(C#N)c1=O. The Morgan fingerprint density at radius 3 is 2.50 bits per heavy atom. The van der Waals surface area contributed by atoms with Gasteiger partial charge >= 0.3 is 0 Å². The van der Waals surface area contributed by atoms with E-state index in [-0.39, 0.29) is 23.1 Å². The van der Waals surface area contributed by atoms with Crippen molar-refractivity contribution in [3.63, 3.8) is 0 Å². The maximum atomic E-state index is 13.1. The Balaban J connectivity index is 2.18. The van der Waals surface area contributed by atoms with Crippen LogP contribution in [0.4, 0.5) is 5.82 Å². The van der Waals surface area contributed by atoms with Crippen molar-refractivity contribution in [2.24, 2.45) is 0 Å². The zero-order valence-electron chi connectivity index (χ0n) is 18.6. The Hall–Kier alpha value is -2.89. The quantitative estimate of drug-likeness (QED) is 0.472. The van der Waals surface area contributed by atoms with Gasteiger partial charge in [-0.25, -0.2) is 0 Å². The number of nitriles is 1. The van der Waals surface area contributed by atoms with Crippen LogP contribution in [-0.2, 0) is 17.9 Å². The van der Waals surface area contributed by atoms with E-state index in [9.17, 15) is 14.9 Å². The van der Waals surface area contributed by atoms with Crippen LogP contribution in [0.5, 0.6) is 0 Å². The smallest absolute Gasteiger partial charge is 0.270 e. The summed E-state index contributed by atoms with van der Waals surface area (Å²) in [5.41, 5.74) is 2.04. The highest BCUT2D eigenvalue weighted by Crippen LogP contribution is 2.36. The monoisotopic (exact) mass is 466 g/mol. The Kier molecular flexibility index (Phi) is 7.54. The molecule has 1 N–H and O–H groups in total. The molecule has 0 unspecified atom stereocenters. The van der Waals surface area contributed by atoms with E-state index in [1.165, 1.54) is 11.8 Å². The first-order chi connectivity index (χ1) is 15.3. The van der Waals surface area contributed by atoms with E-state index in [1.54, 1.807) is 22.5 Å². The summed E-state index contributed by atoms with van der Waals surface area (Å²) in [7, 11) is 0. The first-order valence-electron chi connectivity index (χ1n) is 10.5. The third kappa shape index (κ3) is 4.64. The molecule has 0 atom stereocenters. The molecule has 8 heteroatoms. The van der Waals surface area contributed by atoms with Crippen molar-refractivity contribution in [3.8, 4) is 6.07 Å². The van der Waals surface area contributed by atoms with Crippen LogP contribution in [0.25, 0.3) is 6.08 Å². The number of amides is 1. The molecule has 166 valence electrons. The largest absolute Gasteiger partial charge is 0.367 e. The number of hydrogen-bond acceptors (Lipinski definition) is 6. The van der Waals surface area contributed by atoms with Crippen LogP contribution in [-0.4, -0.2) is 25.7 Å². The summed E-state index contributed by atoms with van der Waals surface area (Å²) in [5.74, 6) is 0.446. The van der Waals surface area contributed by atoms with Gasteiger partial charge in [-0.3, -0.25) is 19.1 Å². The molecular weight excluding hydrogens is 440 g/mol. The van der Waals surface area contributed by atoms with Gasteiger partial charge in [0.15, 0.2) is 0 Å². The molecule has 1 aliphatic heterocycles. The minimum Gasteiger partial charge on any atom is -0.367 e. The normalized spacial score (nSPS) is 15.0. The average molecular weight is 467 g/mol. The number of nitrogens with zero attached hydrogens (tertiary/aromatic N) is 3. The van der Waals surface area contributed by atoms with Gasteiger partial charge < -0.3 is 5.32 Å². The fraction of sp³-hybridized carbons (Fsp3) is 0.333. The number of thiocarbonyl (C=S) groups is 1. The summed E-state index contributed by atoms with van der Waals surface area (Å²) < 4.78 is 2.11. The average Bonchev–Trinajstić information content (AvgIpc) is 3.05. The maximum Gasteiger partial charge on any atom is 0.270 e. The highest BCUT2D eigenvalue weighted by molar-refractivity contribution is 8.26. The molecule has 0 saturated carbocycles. The second kappa shape index (κ2) is 10.2. The molecule has 1 aromatic carbocycles. The van der Waals surface area contributed by atoms with Crippen LogP contribution in [0.3, 0.4) is 0 Å². The second-order valence-corrected chi connectivity index (χ2v) is 9.49. The number of carbonyl (C=O) groups excluding carboxylic acids is 1. The van der Waals surface area contributed by atoms with Crippen LogP contribution in [0.1, 0.15) is 49.4 Å². The number of pyridine rings is 1. The Morgan fingerprint density at radius 2 is 1.94 bits per heavy atom. The number of anilines is 1. The van der Waals surface area contributed by atoms with E-state index in [4.69, 9.17) is 12.2 Å². The van der Waals surface area contributed by atoms with Gasteiger partial charge in [-0.05, 0) is 44.4 Å². The van der Waals surface area contributed by atoms with Gasteiger partial charge in [0, 0.05) is 24.7 Å². The number of aromatic nitrogens is 1. The third-order valence-electron chi connectivity index (χ3n) is 5.24. The molecule has 0 spiro atoms. The van der Waals surface area contributed by atoms with E-state index in [1.807, 2.05) is 51.1 Å². The zero-order valence-corrected chi connectivity index (χ0v) is 20.3. The predicted molar refractivity (Wildman–Crippen MR) is 134 cm³/mol. The molecular formula is C24H26N4O2S2.